The fraction of sp³-hybridized carbons (Fsp3) is 0.136. The normalized spacial score (nSPS) is 10.8. The lowest BCUT2D eigenvalue weighted by molar-refractivity contribution is 0.0922. The molecule has 32 heavy (non-hydrogen) atoms. The van der Waals surface area contributed by atoms with Crippen molar-refractivity contribution in [3.63, 3.8) is 0 Å². The molecule has 0 saturated heterocycles. The largest absolute Gasteiger partial charge is 0.497 e. The van der Waals surface area contributed by atoms with Gasteiger partial charge in [0.2, 0.25) is 0 Å². The number of hydrogen-bond acceptors (Lipinski definition) is 6. The minimum Gasteiger partial charge on any atom is -0.497 e. The second-order valence-corrected chi connectivity index (χ2v) is 8.42. The van der Waals surface area contributed by atoms with Crippen molar-refractivity contribution in [1.82, 2.24) is 20.1 Å². The lowest BCUT2D eigenvalue weighted by Gasteiger charge is -2.13. The molecular formula is C22H18Cl2N4O3S. The second-order valence-electron chi connectivity index (χ2n) is 6.63. The first-order valence-corrected chi connectivity index (χ1v) is 11.3. The molecule has 0 fully saturated rings. The predicted molar refractivity (Wildman–Crippen MR) is 124 cm³/mol. The van der Waals surface area contributed by atoms with Gasteiger partial charge >= 0.3 is 0 Å². The van der Waals surface area contributed by atoms with Crippen molar-refractivity contribution in [3.8, 4) is 11.4 Å². The molecule has 0 spiro atoms. The van der Waals surface area contributed by atoms with Crippen molar-refractivity contribution in [2.45, 2.75) is 17.5 Å². The van der Waals surface area contributed by atoms with Crippen LogP contribution in [0.25, 0.3) is 5.69 Å². The van der Waals surface area contributed by atoms with E-state index in [-0.39, 0.29) is 18.2 Å². The zero-order valence-corrected chi connectivity index (χ0v) is 19.2. The molecule has 164 valence electrons. The molecule has 1 N–H and O–H groups in total. The van der Waals surface area contributed by atoms with E-state index in [1.54, 1.807) is 37.4 Å². The van der Waals surface area contributed by atoms with E-state index in [0.717, 1.165) is 11.3 Å². The number of furan rings is 1. The van der Waals surface area contributed by atoms with Gasteiger partial charge < -0.3 is 14.5 Å². The standard InChI is InChI=1S/C22H18Cl2N4O3S/c1-30-16-5-2-4-14(10-16)13-32-22-27-26-20(12-25-21(29)19-6-3-9-31-19)28(22)18-8-7-15(23)11-17(18)24/h2-11H,12-13H2,1H3,(H,25,29). The van der Waals surface area contributed by atoms with E-state index < -0.39 is 0 Å². The maximum absolute atomic E-state index is 12.3. The smallest absolute Gasteiger partial charge is 0.287 e. The van der Waals surface area contributed by atoms with Crippen LogP contribution in [-0.2, 0) is 12.3 Å². The number of carbonyl (C=O) groups excluding carboxylic acids is 1. The van der Waals surface area contributed by atoms with Crippen molar-refractivity contribution < 1.29 is 13.9 Å². The number of nitrogens with zero attached hydrogens (tertiary/aromatic N) is 3. The molecule has 4 rings (SSSR count). The highest BCUT2D eigenvalue weighted by Crippen LogP contribution is 2.31. The molecule has 4 aromatic rings. The monoisotopic (exact) mass is 488 g/mol. The first-order chi connectivity index (χ1) is 15.5. The van der Waals surface area contributed by atoms with Gasteiger partial charge in [-0.1, -0.05) is 47.1 Å². The Hall–Kier alpha value is -2.94. The highest BCUT2D eigenvalue weighted by molar-refractivity contribution is 7.98. The van der Waals surface area contributed by atoms with E-state index in [9.17, 15) is 4.79 Å². The highest BCUT2D eigenvalue weighted by atomic mass is 35.5. The van der Waals surface area contributed by atoms with Gasteiger partial charge in [-0.2, -0.15) is 0 Å². The minimum absolute atomic E-state index is 0.130. The number of nitrogens with one attached hydrogen (secondary N) is 1. The molecule has 2 aromatic heterocycles. The van der Waals surface area contributed by atoms with Crippen LogP contribution in [0.4, 0.5) is 0 Å². The molecule has 0 bridgehead atoms. The van der Waals surface area contributed by atoms with E-state index in [4.69, 9.17) is 32.4 Å². The fourth-order valence-electron chi connectivity index (χ4n) is 2.98. The van der Waals surface area contributed by atoms with Crippen molar-refractivity contribution >= 4 is 40.9 Å². The zero-order chi connectivity index (χ0) is 22.5. The first-order valence-electron chi connectivity index (χ1n) is 9.52. The molecule has 0 radical (unpaired) electrons. The summed E-state index contributed by atoms with van der Waals surface area (Å²) in [6.07, 6.45) is 1.44. The Morgan fingerprint density at radius 3 is 2.78 bits per heavy atom. The number of amides is 1. The van der Waals surface area contributed by atoms with Crippen LogP contribution in [0, 0.1) is 0 Å². The molecule has 10 heteroatoms. The molecule has 0 saturated carbocycles. The quantitative estimate of drug-likeness (QED) is 0.334. The lowest BCUT2D eigenvalue weighted by Crippen LogP contribution is -2.24. The van der Waals surface area contributed by atoms with Crippen LogP contribution in [-0.4, -0.2) is 27.8 Å². The van der Waals surface area contributed by atoms with E-state index in [0.29, 0.717) is 32.5 Å². The van der Waals surface area contributed by atoms with Gasteiger partial charge in [0.05, 0.1) is 30.6 Å². The summed E-state index contributed by atoms with van der Waals surface area (Å²) >= 11 is 14.0. The summed E-state index contributed by atoms with van der Waals surface area (Å²) in [6.45, 7) is 0.130. The van der Waals surface area contributed by atoms with Crippen molar-refractivity contribution in [1.29, 1.82) is 0 Å². The molecule has 2 heterocycles. The molecule has 1 amide bonds. The van der Waals surface area contributed by atoms with Gasteiger partial charge in [-0.3, -0.25) is 9.36 Å². The summed E-state index contributed by atoms with van der Waals surface area (Å²) in [7, 11) is 1.63. The predicted octanol–water partition coefficient (Wildman–Crippen LogP) is 5.40. The van der Waals surface area contributed by atoms with Crippen molar-refractivity contribution in [2.24, 2.45) is 0 Å². The van der Waals surface area contributed by atoms with Crippen LogP contribution in [0.15, 0.2) is 70.4 Å². The van der Waals surface area contributed by atoms with Crippen LogP contribution >= 0.6 is 35.0 Å². The molecule has 0 unspecified atom stereocenters. The fourth-order valence-corrected chi connectivity index (χ4v) is 4.38. The second kappa shape index (κ2) is 10.1. The Morgan fingerprint density at radius 2 is 2.03 bits per heavy atom. The van der Waals surface area contributed by atoms with Gasteiger partial charge in [0.1, 0.15) is 5.75 Å². The Labute approximate surface area is 198 Å². The van der Waals surface area contributed by atoms with Crippen LogP contribution in [0.3, 0.4) is 0 Å². The summed E-state index contributed by atoms with van der Waals surface area (Å²) in [6, 6.07) is 16.2. The Bertz CT molecular complexity index is 1230. The number of thioether (sulfide) groups is 1. The summed E-state index contributed by atoms with van der Waals surface area (Å²) in [5, 5.41) is 13.0. The number of aromatic nitrogens is 3. The van der Waals surface area contributed by atoms with E-state index in [2.05, 4.69) is 15.5 Å². The van der Waals surface area contributed by atoms with Crippen LogP contribution in [0.5, 0.6) is 5.75 Å². The number of ether oxygens (including phenoxy) is 1. The SMILES string of the molecule is COc1cccc(CSc2nnc(CNC(=O)c3ccco3)n2-c2ccc(Cl)cc2Cl)c1. The van der Waals surface area contributed by atoms with E-state index >= 15 is 0 Å². The maximum Gasteiger partial charge on any atom is 0.287 e. The average Bonchev–Trinajstić information content (AvgIpc) is 3.47. The molecule has 0 aliphatic rings. The molecule has 2 aromatic carbocycles. The Morgan fingerprint density at radius 1 is 1.16 bits per heavy atom. The number of rotatable bonds is 8. The summed E-state index contributed by atoms with van der Waals surface area (Å²) in [5.41, 5.74) is 1.73. The first kappa shape index (κ1) is 22.3. The summed E-state index contributed by atoms with van der Waals surface area (Å²) in [5.74, 6) is 1.80. The van der Waals surface area contributed by atoms with Gasteiger partial charge in [-0.05, 0) is 48.0 Å². The van der Waals surface area contributed by atoms with Gasteiger partial charge in [-0.15, -0.1) is 10.2 Å². The molecule has 0 aliphatic heterocycles. The number of carbonyl (C=O) groups is 1. The number of halogens is 2. The summed E-state index contributed by atoms with van der Waals surface area (Å²) in [4.78, 5) is 12.3. The molecule has 0 atom stereocenters. The Balaban J connectivity index is 1.61. The van der Waals surface area contributed by atoms with E-state index in [1.807, 2.05) is 28.8 Å². The topological polar surface area (TPSA) is 82.2 Å². The summed E-state index contributed by atoms with van der Waals surface area (Å²) < 4.78 is 12.2. The van der Waals surface area contributed by atoms with Crippen LogP contribution in [0.2, 0.25) is 10.0 Å². The number of hydrogen-bond donors (Lipinski definition) is 1. The van der Waals surface area contributed by atoms with Crippen molar-refractivity contribution in [3.05, 3.63) is 88.1 Å². The lowest BCUT2D eigenvalue weighted by atomic mass is 10.2. The number of methoxy groups -OCH3 is 1. The van der Waals surface area contributed by atoms with Gasteiger partial charge in [0.15, 0.2) is 16.7 Å². The van der Waals surface area contributed by atoms with E-state index in [1.165, 1.54) is 18.0 Å². The third-order valence-electron chi connectivity index (χ3n) is 4.51. The van der Waals surface area contributed by atoms with Gasteiger partial charge in [-0.25, -0.2) is 0 Å². The third-order valence-corrected chi connectivity index (χ3v) is 6.04. The maximum atomic E-state index is 12.3. The zero-order valence-electron chi connectivity index (χ0n) is 16.9. The van der Waals surface area contributed by atoms with Crippen LogP contribution in [0.1, 0.15) is 21.9 Å². The number of benzene rings is 2. The molecule has 7 nitrogen and oxygen atoms in total. The minimum atomic E-state index is -0.350. The third kappa shape index (κ3) is 5.09. The van der Waals surface area contributed by atoms with Crippen LogP contribution < -0.4 is 10.1 Å². The van der Waals surface area contributed by atoms with Gasteiger partial charge in [0, 0.05) is 10.8 Å². The molecular weight excluding hydrogens is 471 g/mol. The van der Waals surface area contributed by atoms with Gasteiger partial charge in [0.25, 0.3) is 5.91 Å². The Kier molecular flexibility index (Phi) is 7.04. The molecule has 0 aliphatic carbocycles. The highest BCUT2D eigenvalue weighted by Gasteiger charge is 2.18. The average molecular weight is 489 g/mol. The van der Waals surface area contributed by atoms with Crippen molar-refractivity contribution in [2.75, 3.05) is 7.11 Å².